The number of methoxy groups -OCH3 is 2. The van der Waals surface area contributed by atoms with Gasteiger partial charge in [0.25, 0.3) is 0 Å². The van der Waals surface area contributed by atoms with Gasteiger partial charge in [0.05, 0.1) is 14.2 Å². The molecule has 1 heterocycles. The van der Waals surface area contributed by atoms with Crippen LogP contribution in [0.1, 0.15) is 36.8 Å². The molecular weight excluding hydrogens is 522 g/mol. The van der Waals surface area contributed by atoms with Gasteiger partial charge in [-0.1, -0.05) is 18.2 Å². The van der Waals surface area contributed by atoms with Crippen LogP contribution in [0, 0.1) is 5.82 Å². The van der Waals surface area contributed by atoms with Gasteiger partial charge in [0.1, 0.15) is 5.82 Å². The predicted octanol–water partition coefficient (Wildman–Crippen LogP) is 4.47. The SMILES string of the molecule is COc1ccc(C23CCC(NC(=O)NCc4ccc(F)cc4)CC2N(C)CC3)cc1OC.O=C(O)C(F)(F)F. The van der Waals surface area contributed by atoms with E-state index in [1.165, 1.54) is 17.7 Å². The van der Waals surface area contributed by atoms with E-state index in [0.29, 0.717) is 12.6 Å². The summed E-state index contributed by atoms with van der Waals surface area (Å²) >= 11 is 0. The summed E-state index contributed by atoms with van der Waals surface area (Å²) in [5.74, 6) is -1.54. The molecule has 214 valence electrons. The first-order valence-corrected chi connectivity index (χ1v) is 12.4. The summed E-state index contributed by atoms with van der Waals surface area (Å²) in [5.41, 5.74) is 2.20. The van der Waals surface area contributed by atoms with Crippen molar-refractivity contribution in [1.82, 2.24) is 15.5 Å². The number of alkyl halides is 3. The maximum Gasteiger partial charge on any atom is 0.490 e. The van der Waals surface area contributed by atoms with Gasteiger partial charge in [0, 0.05) is 24.0 Å². The van der Waals surface area contributed by atoms with E-state index >= 15 is 0 Å². The van der Waals surface area contributed by atoms with Gasteiger partial charge in [0.2, 0.25) is 0 Å². The number of fused-ring (bicyclic) bond motifs is 1. The second kappa shape index (κ2) is 12.5. The van der Waals surface area contributed by atoms with E-state index in [4.69, 9.17) is 19.4 Å². The lowest BCUT2D eigenvalue weighted by Crippen LogP contribution is -2.53. The molecule has 1 saturated carbocycles. The summed E-state index contributed by atoms with van der Waals surface area (Å²) in [5, 5.41) is 13.2. The van der Waals surface area contributed by atoms with Crippen LogP contribution in [0.25, 0.3) is 0 Å². The third kappa shape index (κ3) is 7.31. The minimum absolute atomic E-state index is 0.0526. The van der Waals surface area contributed by atoms with Crippen molar-refractivity contribution < 1.29 is 41.7 Å². The fourth-order valence-electron chi connectivity index (χ4n) is 5.42. The van der Waals surface area contributed by atoms with Crippen molar-refractivity contribution in [1.29, 1.82) is 0 Å². The molecule has 0 aromatic heterocycles. The highest BCUT2D eigenvalue weighted by Crippen LogP contribution is 2.49. The number of hydrogen-bond acceptors (Lipinski definition) is 5. The Morgan fingerprint density at radius 2 is 1.72 bits per heavy atom. The lowest BCUT2D eigenvalue weighted by molar-refractivity contribution is -0.192. The second-order valence-electron chi connectivity index (χ2n) is 9.70. The number of halogens is 4. The number of nitrogens with one attached hydrogen (secondary N) is 2. The first kappa shape index (κ1) is 30.0. The van der Waals surface area contributed by atoms with E-state index in [1.54, 1.807) is 26.4 Å². The molecule has 2 aromatic rings. The molecule has 8 nitrogen and oxygen atoms in total. The Labute approximate surface area is 224 Å². The first-order valence-electron chi connectivity index (χ1n) is 12.4. The van der Waals surface area contributed by atoms with Crippen molar-refractivity contribution in [3.8, 4) is 11.5 Å². The first-order chi connectivity index (χ1) is 18.4. The molecule has 1 aliphatic carbocycles. The number of rotatable bonds is 6. The van der Waals surface area contributed by atoms with Crippen molar-refractivity contribution in [2.45, 2.75) is 55.9 Å². The number of nitrogens with zero attached hydrogens (tertiary/aromatic N) is 1. The summed E-state index contributed by atoms with van der Waals surface area (Å²) in [6, 6.07) is 12.7. The molecule has 39 heavy (non-hydrogen) atoms. The maximum absolute atomic E-state index is 13.1. The smallest absolute Gasteiger partial charge is 0.490 e. The van der Waals surface area contributed by atoms with Gasteiger partial charge >= 0.3 is 18.2 Å². The van der Waals surface area contributed by atoms with Crippen LogP contribution in [0.4, 0.5) is 22.4 Å². The zero-order valence-corrected chi connectivity index (χ0v) is 22.0. The number of likely N-dealkylation sites (N-methyl/N-ethyl adjacent to an activating group) is 1. The molecule has 2 fully saturated rings. The monoisotopic (exact) mass is 555 g/mol. The zero-order chi connectivity index (χ0) is 28.8. The maximum atomic E-state index is 13.1. The summed E-state index contributed by atoms with van der Waals surface area (Å²) in [6.07, 6.45) is -1.18. The van der Waals surface area contributed by atoms with Gasteiger partial charge in [-0.05, 0) is 74.7 Å². The van der Waals surface area contributed by atoms with Crippen LogP contribution < -0.4 is 20.1 Å². The van der Waals surface area contributed by atoms with E-state index < -0.39 is 12.1 Å². The number of likely N-dealkylation sites (tertiary alicyclic amines) is 1. The van der Waals surface area contributed by atoms with Crippen LogP contribution in [-0.4, -0.2) is 68.1 Å². The Bertz CT molecular complexity index is 1150. The molecule has 0 bridgehead atoms. The number of ether oxygens (including phenoxy) is 2. The van der Waals surface area contributed by atoms with Gasteiger partial charge in [0.15, 0.2) is 11.5 Å². The highest BCUT2D eigenvalue weighted by atomic mass is 19.4. The minimum atomic E-state index is -5.08. The standard InChI is InChI=1S/C25H32FN3O3.C2HF3O2/c1-29-13-12-25(18-6-9-21(31-2)22(14-18)32-3)11-10-20(15-23(25)29)28-24(30)27-16-17-4-7-19(26)8-5-17;3-2(4,5)1(6)7/h4-9,14,20,23H,10-13,15-16H2,1-3H3,(H2,27,28,30);(H,6,7). The van der Waals surface area contributed by atoms with Crippen LogP contribution in [0.5, 0.6) is 11.5 Å². The third-order valence-corrected chi connectivity index (χ3v) is 7.43. The minimum Gasteiger partial charge on any atom is -0.493 e. The van der Waals surface area contributed by atoms with Gasteiger partial charge in [-0.15, -0.1) is 0 Å². The Hall–Kier alpha value is -3.54. The second-order valence-corrected chi connectivity index (χ2v) is 9.70. The fourth-order valence-corrected chi connectivity index (χ4v) is 5.42. The summed E-state index contributed by atoms with van der Waals surface area (Å²) in [4.78, 5) is 23.8. The van der Waals surface area contributed by atoms with Gasteiger partial charge in [-0.2, -0.15) is 13.2 Å². The number of carbonyl (C=O) groups excluding carboxylic acids is 1. The molecule has 2 aliphatic rings. The van der Waals surface area contributed by atoms with Crippen LogP contribution in [0.15, 0.2) is 42.5 Å². The van der Waals surface area contributed by atoms with Gasteiger partial charge in [-0.25, -0.2) is 14.0 Å². The van der Waals surface area contributed by atoms with Crippen LogP contribution >= 0.6 is 0 Å². The molecule has 0 radical (unpaired) electrons. The molecule has 2 amide bonds. The lowest BCUT2D eigenvalue weighted by atomic mass is 9.65. The molecule has 1 saturated heterocycles. The molecular formula is C27H33F4N3O5. The Balaban J connectivity index is 0.000000532. The van der Waals surface area contributed by atoms with Crippen LogP contribution in [0.2, 0.25) is 0 Å². The topological polar surface area (TPSA) is 100 Å². The zero-order valence-electron chi connectivity index (χ0n) is 22.0. The van der Waals surface area contributed by atoms with E-state index in [2.05, 4.69) is 34.7 Å². The number of carboxylic acids is 1. The number of benzene rings is 2. The largest absolute Gasteiger partial charge is 0.493 e. The molecule has 3 N–H and O–H groups in total. The van der Waals surface area contributed by atoms with Gasteiger partial charge in [-0.3, -0.25) is 0 Å². The molecule has 3 unspecified atom stereocenters. The lowest BCUT2D eigenvalue weighted by Gasteiger charge is -2.45. The highest BCUT2D eigenvalue weighted by Gasteiger charge is 2.50. The third-order valence-electron chi connectivity index (χ3n) is 7.43. The number of aliphatic carboxylic acids is 1. The number of hydrogen-bond donors (Lipinski definition) is 3. The van der Waals surface area contributed by atoms with Crippen LogP contribution in [-0.2, 0) is 16.8 Å². The Kier molecular flexibility index (Phi) is 9.65. The van der Waals surface area contributed by atoms with Crippen molar-refractivity contribution in [3.05, 3.63) is 59.4 Å². The van der Waals surface area contributed by atoms with E-state index in [9.17, 15) is 22.4 Å². The Morgan fingerprint density at radius 3 is 2.31 bits per heavy atom. The normalized spacial score (nSPS) is 22.6. The van der Waals surface area contributed by atoms with Gasteiger partial charge < -0.3 is 30.1 Å². The predicted molar refractivity (Wildman–Crippen MR) is 135 cm³/mol. The van der Waals surface area contributed by atoms with E-state index in [1.807, 2.05) is 6.07 Å². The summed E-state index contributed by atoms with van der Waals surface area (Å²) < 4.78 is 55.8. The van der Waals surface area contributed by atoms with Crippen molar-refractivity contribution >= 4 is 12.0 Å². The summed E-state index contributed by atoms with van der Waals surface area (Å²) in [7, 11) is 5.49. The Morgan fingerprint density at radius 1 is 1.08 bits per heavy atom. The van der Waals surface area contributed by atoms with Crippen molar-refractivity contribution in [2.24, 2.45) is 0 Å². The van der Waals surface area contributed by atoms with Crippen molar-refractivity contribution in [2.75, 3.05) is 27.8 Å². The number of urea groups is 1. The molecule has 12 heteroatoms. The average Bonchev–Trinajstić information content (AvgIpc) is 3.24. The number of amides is 2. The quantitative estimate of drug-likeness (QED) is 0.455. The fraction of sp³-hybridized carbons (Fsp3) is 0.481. The van der Waals surface area contributed by atoms with Crippen LogP contribution in [0.3, 0.4) is 0 Å². The van der Waals surface area contributed by atoms with Crippen molar-refractivity contribution in [3.63, 3.8) is 0 Å². The van der Waals surface area contributed by atoms with E-state index in [-0.39, 0.29) is 23.3 Å². The highest BCUT2D eigenvalue weighted by molar-refractivity contribution is 5.74. The van der Waals surface area contributed by atoms with E-state index in [0.717, 1.165) is 49.3 Å². The number of carbonyl (C=O) groups is 2. The molecule has 1 aliphatic heterocycles. The molecule has 2 aromatic carbocycles. The average molecular weight is 556 g/mol. The molecule has 0 spiro atoms. The number of carboxylic acid groups (broad SMARTS) is 1. The summed E-state index contributed by atoms with van der Waals surface area (Å²) in [6.45, 7) is 1.40. The molecule has 4 rings (SSSR count). The molecule has 3 atom stereocenters.